The van der Waals surface area contributed by atoms with Crippen molar-refractivity contribution in [2.45, 2.75) is 26.4 Å². The largest absolute Gasteiger partial charge is 0.528 e. The van der Waals surface area contributed by atoms with Gasteiger partial charge in [-0.25, -0.2) is 14.2 Å². The van der Waals surface area contributed by atoms with Crippen molar-refractivity contribution in [1.82, 2.24) is 19.3 Å². The molecule has 0 N–H and O–H groups in total. The first-order valence-corrected chi connectivity index (χ1v) is 14.4. The van der Waals surface area contributed by atoms with E-state index in [4.69, 9.17) is 4.74 Å². The number of benzene rings is 3. The second kappa shape index (κ2) is 11.7. The van der Waals surface area contributed by atoms with Gasteiger partial charge in [0.2, 0.25) is 0 Å². The highest BCUT2D eigenvalue weighted by Gasteiger charge is 2.20. The van der Waals surface area contributed by atoms with Crippen LogP contribution in [0.1, 0.15) is 27.7 Å². The van der Waals surface area contributed by atoms with E-state index in [0.29, 0.717) is 39.3 Å². The summed E-state index contributed by atoms with van der Waals surface area (Å²) in [6, 6.07) is 19.6. The molecule has 44 heavy (non-hydrogen) atoms. The molecule has 0 amide bonds. The number of aromatic nitrogens is 4. The van der Waals surface area contributed by atoms with Crippen LogP contribution in [-0.4, -0.2) is 32.2 Å². The number of ketones is 1. The van der Waals surface area contributed by atoms with E-state index >= 15 is 4.39 Å². The maximum atomic E-state index is 15.7. The number of halogens is 1. The number of aryl methyl sites for hydroxylation is 1. The number of ether oxygens (including phenoxy) is 1. The van der Waals surface area contributed by atoms with Crippen molar-refractivity contribution in [2.75, 3.05) is 7.11 Å². The molecule has 0 fully saturated rings. The van der Waals surface area contributed by atoms with Crippen LogP contribution >= 0.6 is 11.3 Å². The Labute approximate surface area is 253 Å². The quantitative estimate of drug-likeness (QED) is 0.216. The van der Waals surface area contributed by atoms with Gasteiger partial charge in [0.25, 0.3) is 5.56 Å². The van der Waals surface area contributed by atoms with E-state index in [1.165, 1.54) is 29.1 Å². The molecule has 3 heterocycles. The first-order chi connectivity index (χ1) is 21.3. The van der Waals surface area contributed by atoms with E-state index in [0.717, 1.165) is 9.44 Å². The summed E-state index contributed by atoms with van der Waals surface area (Å²) in [5.74, 6) is -0.367. The Hall–Kier alpha value is -5.36. The molecule has 3 aromatic carbocycles. The number of carbonyl (C=O) groups is 1. The van der Waals surface area contributed by atoms with Gasteiger partial charge < -0.3 is 14.4 Å². The van der Waals surface area contributed by atoms with E-state index in [1.54, 1.807) is 66.7 Å². The second-order valence-electron chi connectivity index (χ2n) is 9.93. The minimum Gasteiger partial charge on any atom is -0.528 e. The van der Waals surface area contributed by atoms with Crippen LogP contribution in [0.25, 0.3) is 32.7 Å². The molecule has 0 saturated heterocycles. The number of hydrogen-bond acceptors (Lipinski definition) is 9. The fourth-order valence-electron chi connectivity index (χ4n) is 4.98. The number of hydrogen-bond donors (Lipinski definition) is 0. The lowest BCUT2D eigenvalue weighted by molar-refractivity contribution is -0.303. The van der Waals surface area contributed by atoms with Gasteiger partial charge in [-0.1, -0.05) is 43.3 Å². The van der Waals surface area contributed by atoms with Crippen molar-refractivity contribution in [3.63, 3.8) is 0 Å². The van der Waals surface area contributed by atoms with Gasteiger partial charge in [-0.15, -0.1) is 11.3 Å². The van der Waals surface area contributed by atoms with Crippen LogP contribution in [0.5, 0.6) is 11.8 Å². The van der Waals surface area contributed by atoms with Gasteiger partial charge in [0, 0.05) is 21.6 Å². The van der Waals surface area contributed by atoms with Crippen molar-refractivity contribution in [1.29, 1.82) is 0 Å². The molecule has 6 aromatic rings. The summed E-state index contributed by atoms with van der Waals surface area (Å²) in [7, 11) is 1.51. The van der Waals surface area contributed by atoms with Gasteiger partial charge in [0.05, 0.1) is 25.6 Å². The zero-order chi connectivity index (χ0) is 31.0. The van der Waals surface area contributed by atoms with Gasteiger partial charge in [-0.3, -0.25) is 18.7 Å². The molecule has 0 saturated carbocycles. The lowest BCUT2D eigenvalue weighted by Gasteiger charge is -2.14. The van der Waals surface area contributed by atoms with Crippen molar-refractivity contribution < 1.29 is 23.6 Å². The molecule has 0 radical (unpaired) electrons. The van der Waals surface area contributed by atoms with Gasteiger partial charge in [-0.2, -0.15) is 5.16 Å². The van der Waals surface area contributed by atoms with Crippen LogP contribution in [0.2, 0.25) is 0 Å². The molecular formula is C32H24FN4O6S-. The van der Waals surface area contributed by atoms with Crippen molar-refractivity contribution in [2.24, 2.45) is 0 Å². The van der Waals surface area contributed by atoms with Crippen LogP contribution in [0.4, 0.5) is 4.39 Å². The van der Waals surface area contributed by atoms with Gasteiger partial charge in [0.15, 0.2) is 17.7 Å². The van der Waals surface area contributed by atoms with Crippen molar-refractivity contribution in [3.05, 3.63) is 115 Å². The highest BCUT2D eigenvalue weighted by Crippen LogP contribution is 2.32. The Kier molecular flexibility index (Phi) is 7.66. The highest BCUT2D eigenvalue weighted by molar-refractivity contribution is 7.18. The summed E-state index contributed by atoms with van der Waals surface area (Å²) in [4.78, 5) is 45.3. The van der Waals surface area contributed by atoms with E-state index in [1.807, 2.05) is 6.92 Å². The van der Waals surface area contributed by atoms with Crippen LogP contribution in [0.3, 0.4) is 0 Å². The molecule has 0 aliphatic rings. The van der Waals surface area contributed by atoms with Crippen molar-refractivity contribution >= 4 is 27.3 Å². The van der Waals surface area contributed by atoms with E-state index in [-0.39, 0.29) is 23.3 Å². The molecule has 3 aromatic heterocycles. The minimum atomic E-state index is -0.833. The molecule has 6 rings (SSSR count). The first-order valence-electron chi connectivity index (χ1n) is 13.6. The lowest BCUT2D eigenvalue weighted by atomic mass is 9.98. The second-order valence-corrected chi connectivity index (χ2v) is 11.0. The lowest BCUT2D eigenvalue weighted by Crippen LogP contribution is -2.41. The van der Waals surface area contributed by atoms with Crippen LogP contribution in [-0.2, 0) is 19.5 Å². The molecule has 0 spiro atoms. The smallest absolute Gasteiger partial charge is 0.332 e. The molecule has 0 unspecified atom stereocenters. The number of carbonyl (C=O) groups excluding carboxylic acids is 1. The Morgan fingerprint density at radius 2 is 1.77 bits per heavy atom. The minimum absolute atomic E-state index is 0.0832. The molecule has 0 atom stereocenters. The Bertz CT molecular complexity index is 2150. The predicted octanol–water partition coefficient (Wildman–Crippen LogP) is 4.66. The average molecular weight is 612 g/mol. The van der Waals surface area contributed by atoms with E-state index in [9.17, 15) is 19.5 Å². The summed E-state index contributed by atoms with van der Waals surface area (Å²) in [6.45, 7) is 1.28. The summed E-state index contributed by atoms with van der Waals surface area (Å²) < 4.78 is 27.6. The number of thiophene rings is 1. The zero-order valence-corrected chi connectivity index (χ0v) is 24.4. The normalized spacial score (nSPS) is 11.2. The first kappa shape index (κ1) is 28.7. The van der Waals surface area contributed by atoms with Crippen molar-refractivity contribution in [3.8, 4) is 34.3 Å². The predicted molar refractivity (Wildman–Crippen MR) is 161 cm³/mol. The Balaban J connectivity index is 1.39. The Morgan fingerprint density at radius 1 is 1.02 bits per heavy atom. The van der Waals surface area contributed by atoms with Gasteiger partial charge in [0.1, 0.15) is 16.4 Å². The van der Waals surface area contributed by atoms with Gasteiger partial charge in [-0.05, 0) is 53.9 Å². The molecule has 10 nitrogen and oxygen atoms in total. The third kappa shape index (κ3) is 5.31. The van der Waals surface area contributed by atoms with Crippen LogP contribution < -0.4 is 21.1 Å². The molecule has 12 heteroatoms. The maximum absolute atomic E-state index is 15.7. The highest BCUT2D eigenvalue weighted by atomic mass is 32.1. The monoisotopic (exact) mass is 611 g/mol. The molecular weight excluding hydrogens is 587 g/mol. The number of methoxy groups -OCH3 is 1. The summed E-state index contributed by atoms with van der Waals surface area (Å²) in [6.07, 6.45) is -0.200. The fourth-order valence-corrected chi connectivity index (χ4v) is 6.06. The van der Waals surface area contributed by atoms with E-state index in [2.05, 4.69) is 14.7 Å². The summed E-state index contributed by atoms with van der Waals surface area (Å²) >= 11 is 1.29. The summed E-state index contributed by atoms with van der Waals surface area (Å²) in [5, 5.41) is 15.4. The molecule has 222 valence electrons. The standard InChI is InChI=1S/C32H25FN4O6S/c1-3-22-15-25-29(39)36(17-27(38)18-10-12-21(42-2)13-11-18)32(41)37(30(25)44-22)16-20-9-8-19(14-26(20)33)23-6-4-5-7-24(23)28-34-31(40)43-35-28/h4-15H,3,16-17H2,1-2H3,(H,34,35,40)/p-1. The summed E-state index contributed by atoms with van der Waals surface area (Å²) in [5.41, 5.74) is 0.794. The van der Waals surface area contributed by atoms with Crippen LogP contribution in [0.15, 0.2) is 86.9 Å². The number of fused-ring (bicyclic) bond motifs is 1. The van der Waals surface area contributed by atoms with Crippen LogP contribution in [0, 0.1) is 5.82 Å². The molecule has 0 bridgehead atoms. The Morgan fingerprint density at radius 3 is 2.43 bits per heavy atom. The zero-order valence-electron chi connectivity index (χ0n) is 23.6. The fraction of sp³-hybridized carbons (Fsp3) is 0.156. The van der Waals surface area contributed by atoms with Gasteiger partial charge >= 0.3 is 5.69 Å². The third-order valence-electron chi connectivity index (χ3n) is 7.28. The average Bonchev–Trinajstić information content (AvgIpc) is 3.68. The number of rotatable bonds is 9. The third-order valence-corrected chi connectivity index (χ3v) is 8.58. The maximum Gasteiger partial charge on any atom is 0.332 e. The van der Waals surface area contributed by atoms with E-state index < -0.39 is 35.5 Å². The molecule has 0 aliphatic carbocycles. The molecule has 0 aliphatic heterocycles. The number of Topliss-reactive ketones (excluding diaryl/α,β-unsaturated/α-hetero) is 1. The number of nitrogens with zero attached hydrogens (tertiary/aromatic N) is 4. The SMILES string of the molecule is CCc1cc2c(=O)n(CC(=O)c3ccc(OC)cc3)c(=O)n(Cc3ccc(-c4ccccc4-c4noc([O-])n4)cc3F)c2s1. The topological polar surface area (TPSA) is 132 Å².